The van der Waals surface area contributed by atoms with Crippen LogP contribution in [-0.4, -0.2) is 31.5 Å². The zero-order valence-electron chi connectivity index (χ0n) is 8.53. The molecule has 0 aliphatic heterocycles. The van der Waals surface area contributed by atoms with Crippen molar-refractivity contribution >= 4 is 11.4 Å². The molecule has 0 fully saturated rings. The number of methoxy groups -OCH3 is 1. The Balaban J connectivity index is 2.54. The van der Waals surface area contributed by atoms with Crippen LogP contribution in [0.25, 0.3) is 0 Å². The maximum Gasteiger partial charge on any atom is 0.148 e. The standard InChI is InChI=1S/C10H15FN2O2/c1-15-6-7(14)5-13-9-4-2-3-8(11)10(9)12/h2-4,7,13-14H,5-6,12H2,1H3. The Bertz CT molecular complexity index is 320. The summed E-state index contributed by atoms with van der Waals surface area (Å²) in [7, 11) is 1.50. The Kier molecular flexibility index (Phi) is 4.33. The first-order chi connectivity index (χ1) is 7.15. The lowest BCUT2D eigenvalue weighted by Crippen LogP contribution is -2.24. The van der Waals surface area contributed by atoms with Gasteiger partial charge in [0.05, 0.1) is 24.1 Å². The molecule has 0 saturated carbocycles. The van der Waals surface area contributed by atoms with Gasteiger partial charge >= 0.3 is 0 Å². The summed E-state index contributed by atoms with van der Waals surface area (Å²) in [4.78, 5) is 0. The monoisotopic (exact) mass is 214 g/mol. The molecule has 1 atom stereocenters. The lowest BCUT2D eigenvalue weighted by molar-refractivity contribution is 0.0727. The molecule has 0 aliphatic rings. The molecule has 1 unspecified atom stereocenters. The third-order valence-corrected chi connectivity index (χ3v) is 1.94. The average molecular weight is 214 g/mol. The van der Waals surface area contributed by atoms with E-state index >= 15 is 0 Å². The van der Waals surface area contributed by atoms with E-state index in [1.807, 2.05) is 0 Å². The van der Waals surface area contributed by atoms with Crippen LogP contribution in [0.15, 0.2) is 18.2 Å². The van der Waals surface area contributed by atoms with Crippen molar-refractivity contribution in [2.24, 2.45) is 0 Å². The number of hydrogen-bond acceptors (Lipinski definition) is 4. The van der Waals surface area contributed by atoms with Crippen molar-refractivity contribution in [3.8, 4) is 0 Å². The van der Waals surface area contributed by atoms with Crippen LogP contribution in [0.1, 0.15) is 0 Å². The number of nitrogens with one attached hydrogen (secondary N) is 1. The van der Waals surface area contributed by atoms with Crippen molar-refractivity contribution in [2.45, 2.75) is 6.10 Å². The highest BCUT2D eigenvalue weighted by molar-refractivity contribution is 5.66. The fourth-order valence-corrected chi connectivity index (χ4v) is 1.17. The van der Waals surface area contributed by atoms with Gasteiger partial charge in [-0.25, -0.2) is 4.39 Å². The van der Waals surface area contributed by atoms with Gasteiger partial charge in [-0.1, -0.05) is 6.07 Å². The minimum Gasteiger partial charge on any atom is -0.395 e. The molecule has 0 spiro atoms. The van der Waals surface area contributed by atoms with Crippen LogP contribution in [0.3, 0.4) is 0 Å². The van der Waals surface area contributed by atoms with Gasteiger partial charge in [0, 0.05) is 13.7 Å². The quantitative estimate of drug-likeness (QED) is 0.635. The molecule has 0 radical (unpaired) electrons. The molecule has 0 aliphatic carbocycles. The predicted molar refractivity (Wildman–Crippen MR) is 57.2 cm³/mol. The number of aliphatic hydroxyl groups is 1. The van der Waals surface area contributed by atoms with Crippen LogP contribution in [0.5, 0.6) is 0 Å². The van der Waals surface area contributed by atoms with E-state index in [0.717, 1.165) is 0 Å². The van der Waals surface area contributed by atoms with Crippen molar-refractivity contribution in [1.29, 1.82) is 0 Å². The van der Waals surface area contributed by atoms with Crippen LogP contribution in [0.4, 0.5) is 15.8 Å². The molecule has 5 heteroatoms. The molecule has 4 N–H and O–H groups in total. The fourth-order valence-electron chi connectivity index (χ4n) is 1.17. The third kappa shape index (κ3) is 3.38. The highest BCUT2D eigenvalue weighted by Crippen LogP contribution is 2.20. The number of hydrogen-bond donors (Lipinski definition) is 3. The van der Waals surface area contributed by atoms with Crippen LogP contribution in [0, 0.1) is 5.82 Å². The first-order valence-electron chi connectivity index (χ1n) is 4.60. The molecule has 4 nitrogen and oxygen atoms in total. The van der Waals surface area contributed by atoms with Gasteiger partial charge < -0.3 is 20.9 Å². The molecule has 1 rings (SSSR count). The van der Waals surface area contributed by atoms with Crippen LogP contribution in [-0.2, 0) is 4.74 Å². The number of para-hydroxylation sites is 1. The molecular formula is C10H15FN2O2. The van der Waals surface area contributed by atoms with Crippen LogP contribution < -0.4 is 11.1 Å². The summed E-state index contributed by atoms with van der Waals surface area (Å²) >= 11 is 0. The number of rotatable bonds is 5. The first-order valence-corrected chi connectivity index (χ1v) is 4.60. The number of benzene rings is 1. The minimum atomic E-state index is -0.641. The second kappa shape index (κ2) is 5.53. The molecule has 0 aromatic heterocycles. The number of aliphatic hydroxyl groups excluding tert-OH is 1. The zero-order valence-corrected chi connectivity index (χ0v) is 8.53. The number of nitrogens with two attached hydrogens (primary N) is 1. The molecule has 1 aromatic carbocycles. The van der Waals surface area contributed by atoms with Gasteiger partial charge in [-0.3, -0.25) is 0 Å². The highest BCUT2D eigenvalue weighted by atomic mass is 19.1. The van der Waals surface area contributed by atoms with Crippen LogP contribution >= 0.6 is 0 Å². The van der Waals surface area contributed by atoms with Gasteiger partial charge in [0.25, 0.3) is 0 Å². The topological polar surface area (TPSA) is 67.5 Å². The average Bonchev–Trinajstić information content (AvgIpc) is 2.21. The summed E-state index contributed by atoms with van der Waals surface area (Å²) in [6, 6.07) is 4.49. The highest BCUT2D eigenvalue weighted by Gasteiger charge is 2.06. The van der Waals surface area contributed by atoms with Gasteiger partial charge in [0.15, 0.2) is 0 Å². The molecule has 84 valence electrons. The van der Waals surface area contributed by atoms with Crippen molar-refractivity contribution in [3.63, 3.8) is 0 Å². The Morgan fingerprint density at radius 3 is 3.00 bits per heavy atom. The van der Waals surface area contributed by atoms with E-state index in [4.69, 9.17) is 10.5 Å². The second-order valence-electron chi connectivity index (χ2n) is 3.19. The number of anilines is 2. The Morgan fingerprint density at radius 2 is 2.33 bits per heavy atom. The zero-order chi connectivity index (χ0) is 11.3. The van der Waals surface area contributed by atoms with Crippen molar-refractivity contribution in [3.05, 3.63) is 24.0 Å². The van der Waals surface area contributed by atoms with Crippen molar-refractivity contribution in [1.82, 2.24) is 0 Å². The van der Waals surface area contributed by atoms with E-state index in [0.29, 0.717) is 5.69 Å². The second-order valence-corrected chi connectivity index (χ2v) is 3.19. The molecular weight excluding hydrogens is 199 g/mol. The normalized spacial score (nSPS) is 12.5. The van der Waals surface area contributed by atoms with Gasteiger partial charge in [-0.2, -0.15) is 0 Å². The van der Waals surface area contributed by atoms with E-state index in [9.17, 15) is 9.50 Å². The summed E-state index contributed by atoms with van der Waals surface area (Å²) < 4.78 is 17.8. The fraction of sp³-hybridized carbons (Fsp3) is 0.400. The molecule has 0 bridgehead atoms. The number of nitrogen functional groups attached to an aromatic ring is 1. The molecule has 15 heavy (non-hydrogen) atoms. The summed E-state index contributed by atoms with van der Waals surface area (Å²) in [6.45, 7) is 0.490. The molecule has 1 aromatic rings. The number of ether oxygens (including phenoxy) is 1. The Labute approximate surface area is 87.9 Å². The predicted octanol–water partition coefficient (Wildman–Crippen LogP) is 0.827. The SMILES string of the molecule is COCC(O)CNc1cccc(F)c1N. The Morgan fingerprint density at radius 1 is 1.60 bits per heavy atom. The molecule has 0 saturated heterocycles. The van der Waals surface area contributed by atoms with E-state index in [-0.39, 0.29) is 18.8 Å². The minimum absolute atomic E-state index is 0.0575. The molecule has 0 heterocycles. The van der Waals surface area contributed by atoms with E-state index in [2.05, 4.69) is 5.32 Å². The lowest BCUT2D eigenvalue weighted by atomic mass is 10.2. The maximum absolute atomic E-state index is 13.0. The van der Waals surface area contributed by atoms with E-state index in [1.165, 1.54) is 13.2 Å². The van der Waals surface area contributed by atoms with Crippen molar-refractivity contribution < 1.29 is 14.2 Å². The first kappa shape index (κ1) is 11.7. The largest absolute Gasteiger partial charge is 0.395 e. The summed E-state index contributed by atoms with van der Waals surface area (Å²) in [5.74, 6) is -0.471. The van der Waals surface area contributed by atoms with E-state index in [1.54, 1.807) is 12.1 Å². The van der Waals surface area contributed by atoms with Crippen molar-refractivity contribution in [2.75, 3.05) is 31.3 Å². The summed E-state index contributed by atoms with van der Waals surface area (Å²) in [5, 5.41) is 12.2. The van der Waals surface area contributed by atoms with E-state index < -0.39 is 11.9 Å². The lowest BCUT2D eigenvalue weighted by Gasteiger charge is -2.13. The molecule has 0 amide bonds. The smallest absolute Gasteiger partial charge is 0.148 e. The summed E-state index contributed by atoms with van der Waals surface area (Å²) in [6.07, 6.45) is -0.641. The van der Waals surface area contributed by atoms with Crippen LogP contribution in [0.2, 0.25) is 0 Å². The van der Waals surface area contributed by atoms with Gasteiger partial charge in [0.1, 0.15) is 5.82 Å². The van der Waals surface area contributed by atoms with Gasteiger partial charge in [-0.05, 0) is 12.1 Å². The third-order valence-electron chi connectivity index (χ3n) is 1.94. The van der Waals surface area contributed by atoms with Gasteiger partial charge in [0.2, 0.25) is 0 Å². The Hall–Kier alpha value is -1.33. The summed E-state index contributed by atoms with van der Waals surface area (Å²) in [5.41, 5.74) is 6.03. The maximum atomic E-state index is 13.0. The number of halogens is 1. The van der Waals surface area contributed by atoms with Gasteiger partial charge in [-0.15, -0.1) is 0 Å².